The third-order valence-electron chi connectivity index (χ3n) is 6.54. The third-order valence-corrected chi connectivity index (χ3v) is 6.54. The molecule has 10 heteroatoms. The van der Waals surface area contributed by atoms with Gasteiger partial charge in [0.2, 0.25) is 0 Å². The number of amides is 2. The number of hydrogen-bond acceptors (Lipinski definition) is 6. The van der Waals surface area contributed by atoms with Crippen LogP contribution < -0.4 is 10.1 Å². The average Bonchev–Trinajstić information content (AvgIpc) is 3.42. The third kappa shape index (κ3) is 5.52. The average molecular weight is 510 g/mol. The highest BCUT2D eigenvalue weighted by Gasteiger charge is 2.32. The second-order valence-electron chi connectivity index (χ2n) is 10.9. The van der Waals surface area contributed by atoms with Gasteiger partial charge < -0.3 is 24.7 Å². The Kier molecular flexibility index (Phi) is 6.51. The summed E-state index contributed by atoms with van der Waals surface area (Å²) >= 11 is 0. The number of rotatable bonds is 6. The Morgan fingerprint density at radius 1 is 1.22 bits per heavy atom. The lowest BCUT2D eigenvalue weighted by molar-refractivity contribution is 0.0290. The minimum Gasteiger partial charge on any atom is -0.493 e. The Morgan fingerprint density at radius 3 is 2.73 bits per heavy atom. The number of nitrogens with one attached hydrogen (secondary N) is 2. The number of carbonyl (C=O) groups is 2. The van der Waals surface area contributed by atoms with Crippen LogP contribution in [0.25, 0.3) is 22.3 Å². The minimum atomic E-state index is -0.582. The van der Waals surface area contributed by atoms with Gasteiger partial charge in [-0.25, -0.2) is 19.2 Å². The van der Waals surface area contributed by atoms with Crippen molar-refractivity contribution in [1.29, 1.82) is 0 Å². The number of likely N-dealkylation sites (tertiary alicyclic amines) is 1. The molecule has 0 bridgehead atoms. The fourth-order valence-corrected chi connectivity index (χ4v) is 4.54. The van der Waals surface area contributed by atoms with Gasteiger partial charge in [0.25, 0.3) is 5.91 Å². The molecule has 5 rings (SSSR count). The largest absolute Gasteiger partial charge is 0.493 e. The second kappa shape index (κ2) is 9.64. The van der Waals surface area contributed by atoms with Gasteiger partial charge in [0.15, 0.2) is 0 Å². The fraction of sp³-hybridized carbons (Fsp3) is 0.481. The van der Waals surface area contributed by atoms with E-state index in [2.05, 4.69) is 20.3 Å². The van der Waals surface area contributed by atoms with E-state index in [4.69, 9.17) is 9.47 Å². The molecule has 1 atom stereocenters. The second-order valence-corrected chi connectivity index (χ2v) is 10.9. The molecule has 2 N–H and O–H groups in total. The van der Waals surface area contributed by atoms with Crippen molar-refractivity contribution < 1.29 is 23.5 Å². The van der Waals surface area contributed by atoms with Gasteiger partial charge >= 0.3 is 6.09 Å². The number of H-pyrrole nitrogens is 1. The van der Waals surface area contributed by atoms with E-state index in [0.29, 0.717) is 71.3 Å². The summed E-state index contributed by atoms with van der Waals surface area (Å²) in [5.41, 5.74) is 2.38. The van der Waals surface area contributed by atoms with E-state index in [9.17, 15) is 14.0 Å². The lowest BCUT2D eigenvalue weighted by Gasteiger charge is -2.24. The van der Waals surface area contributed by atoms with Gasteiger partial charge in [-0.3, -0.25) is 4.79 Å². The van der Waals surface area contributed by atoms with Crippen LogP contribution in [0.5, 0.6) is 5.75 Å². The first-order valence-electron chi connectivity index (χ1n) is 12.6. The number of carbonyl (C=O) groups excluding carboxylic acids is 2. The minimum absolute atomic E-state index is 0.212. The molecule has 9 nitrogen and oxygen atoms in total. The van der Waals surface area contributed by atoms with Crippen LogP contribution in [0.15, 0.2) is 24.5 Å². The summed E-state index contributed by atoms with van der Waals surface area (Å²) in [6, 6.07) is 4.16. The van der Waals surface area contributed by atoms with Crippen molar-refractivity contribution >= 4 is 23.0 Å². The van der Waals surface area contributed by atoms with E-state index < -0.39 is 11.4 Å². The Bertz CT molecular complexity index is 1340. The highest BCUT2D eigenvalue weighted by atomic mass is 19.1. The predicted molar refractivity (Wildman–Crippen MR) is 136 cm³/mol. The van der Waals surface area contributed by atoms with Gasteiger partial charge in [-0.05, 0) is 71.1 Å². The molecule has 1 saturated heterocycles. The first-order valence-corrected chi connectivity index (χ1v) is 12.6. The van der Waals surface area contributed by atoms with Gasteiger partial charge in [0, 0.05) is 30.4 Å². The SMILES string of the molecule is Cc1[nH]c2c(-c3cc(F)ccc3OCC3CC3)ncnc2c1C(=O)N[C@@H]1CCN(C(=O)OC(C)(C)C)C1. The number of aromatic nitrogens is 3. The molecule has 196 valence electrons. The highest BCUT2D eigenvalue weighted by molar-refractivity contribution is 6.09. The number of hydrogen-bond donors (Lipinski definition) is 2. The summed E-state index contributed by atoms with van der Waals surface area (Å²) in [7, 11) is 0. The molecule has 0 spiro atoms. The Labute approximate surface area is 214 Å². The van der Waals surface area contributed by atoms with Crippen LogP contribution in [0.2, 0.25) is 0 Å². The Morgan fingerprint density at radius 2 is 2.00 bits per heavy atom. The van der Waals surface area contributed by atoms with Crippen molar-refractivity contribution in [2.24, 2.45) is 5.92 Å². The maximum Gasteiger partial charge on any atom is 0.410 e. The molecule has 2 aliphatic rings. The van der Waals surface area contributed by atoms with E-state index in [-0.39, 0.29) is 18.0 Å². The van der Waals surface area contributed by atoms with E-state index in [1.54, 1.807) is 17.9 Å². The van der Waals surface area contributed by atoms with Gasteiger partial charge in [-0.1, -0.05) is 0 Å². The number of nitrogens with zero attached hydrogens (tertiary/aromatic N) is 3. The van der Waals surface area contributed by atoms with Crippen LogP contribution in [0.3, 0.4) is 0 Å². The summed E-state index contributed by atoms with van der Waals surface area (Å²) in [4.78, 5) is 39.4. The Hall–Kier alpha value is -3.69. The Balaban J connectivity index is 1.38. The summed E-state index contributed by atoms with van der Waals surface area (Å²) in [5, 5.41) is 3.03. The van der Waals surface area contributed by atoms with Crippen LogP contribution in [0.4, 0.5) is 9.18 Å². The van der Waals surface area contributed by atoms with Crippen molar-refractivity contribution in [1.82, 2.24) is 25.2 Å². The monoisotopic (exact) mass is 509 g/mol. The summed E-state index contributed by atoms with van der Waals surface area (Å²) < 4.78 is 25.7. The molecular weight excluding hydrogens is 477 g/mol. The standard InChI is InChI=1S/C27H32FN5O4/c1-15-21(25(34)32-18-9-10-33(12-18)26(35)37-27(2,3)4)23-24(31-15)22(29-14-30-23)19-11-17(28)7-8-20(19)36-13-16-5-6-16/h7-8,11,14,16,18,31H,5-6,9-10,12-13H2,1-4H3,(H,32,34)/t18-/m1/s1. The first kappa shape index (κ1) is 25.0. The zero-order valence-electron chi connectivity index (χ0n) is 21.6. The summed E-state index contributed by atoms with van der Waals surface area (Å²) in [6.07, 6.45) is 3.88. The van der Waals surface area contributed by atoms with Crippen molar-refractivity contribution in [2.45, 2.75) is 58.6 Å². The lowest BCUT2D eigenvalue weighted by Crippen LogP contribution is -2.40. The lowest BCUT2D eigenvalue weighted by atomic mass is 10.1. The van der Waals surface area contributed by atoms with Crippen LogP contribution in [0.1, 0.15) is 56.1 Å². The molecule has 3 aromatic rings. The van der Waals surface area contributed by atoms with Gasteiger partial charge in [0.05, 0.1) is 17.7 Å². The van der Waals surface area contributed by atoms with Crippen LogP contribution in [-0.4, -0.2) is 63.2 Å². The normalized spacial score (nSPS) is 17.8. The number of aryl methyl sites for hydroxylation is 1. The topological polar surface area (TPSA) is 109 Å². The first-order chi connectivity index (χ1) is 17.6. The van der Waals surface area contributed by atoms with Crippen molar-refractivity contribution in [2.75, 3.05) is 19.7 Å². The predicted octanol–water partition coefficient (Wildman–Crippen LogP) is 4.60. The number of halogens is 1. The number of ether oxygens (including phenoxy) is 2. The molecule has 1 aliphatic carbocycles. The van der Waals surface area contributed by atoms with Gasteiger partial charge in [0.1, 0.15) is 34.7 Å². The molecule has 3 heterocycles. The van der Waals surface area contributed by atoms with Crippen LogP contribution >= 0.6 is 0 Å². The highest BCUT2D eigenvalue weighted by Crippen LogP contribution is 2.36. The molecule has 2 fully saturated rings. The zero-order valence-corrected chi connectivity index (χ0v) is 21.6. The number of benzene rings is 1. The van der Waals surface area contributed by atoms with E-state index in [1.165, 1.54) is 18.5 Å². The molecule has 37 heavy (non-hydrogen) atoms. The molecule has 2 aromatic heterocycles. The maximum absolute atomic E-state index is 14.3. The van der Waals surface area contributed by atoms with Crippen molar-refractivity contribution in [3.63, 3.8) is 0 Å². The van der Waals surface area contributed by atoms with Gasteiger partial charge in [-0.15, -0.1) is 0 Å². The van der Waals surface area contributed by atoms with E-state index in [0.717, 1.165) is 12.8 Å². The molecule has 1 saturated carbocycles. The molecule has 1 aromatic carbocycles. The number of aromatic amines is 1. The maximum atomic E-state index is 14.3. The van der Waals surface area contributed by atoms with Crippen LogP contribution in [0, 0.1) is 18.7 Å². The number of fused-ring (bicyclic) bond motifs is 1. The van der Waals surface area contributed by atoms with Crippen molar-refractivity contribution in [3.05, 3.63) is 41.6 Å². The summed E-state index contributed by atoms with van der Waals surface area (Å²) in [5.74, 6) is 0.374. The van der Waals surface area contributed by atoms with E-state index in [1.807, 2.05) is 20.8 Å². The molecular formula is C27H32FN5O4. The zero-order chi connectivity index (χ0) is 26.3. The smallest absolute Gasteiger partial charge is 0.410 e. The quantitative estimate of drug-likeness (QED) is 0.503. The van der Waals surface area contributed by atoms with Gasteiger partial charge in [-0.2, -0.15) is 0 Å². The summed E-state index contributed by atoms with van der Waals surface area (Å²) in [6.45, 7) is 8.70. The fourth-order valence-electron chi connectivity index (χ4n) is 4.54. The molecule has 1 aliphatic heterocycles. The van der Waals surface area contributed by atoms with E-state index >= 15 is 0 Å². The molecule has 0 radical (unpaired) electrons. The molecule has 0 unspecified atom stereocenters. The molecule has 2 amide bonds. The van der Waals surface area contributed by atoms with Crippen molar-refractivity contribution in [3.8, 4) is 17.0 Å². The van der Waals surface area contributed by atoms with Crippen LogP contribution in [-0.2, 0) is 4.74 Å².